The fraction of sp³-hybridized carbons (Fsp3) is 0.810. The van der Waals surface area contributed by atoms with E-state index in [0.29, 0.717) is 35.5 Å². The predicted molar refractivity (Wildman–Crippen MR) is 189 cm³/mol. The normalized spacial score (nSPS) is 50.6. The smallest absolute Gasteiger partial charge is 0.309 e. The Morgan fingerprint density at radius 3 is 2.04 bits per heavy atom. The van der Waals surface area contributed by atoms with E-state index in [0.717, 1.165) is 77.0 Å². The van der Waals surface area contributed by atoms with Crippen LogP contribution in [0.2, 0.25) is 0 Å². The summed E-state index contributed by atoms with van der Waals surface area (Å²) >= 11 is 0. The van der Waals surface area contributed by atoms with Crippen LogP contribution >= 0.6 is 0 Å². The minimum absolute atomic E-state index is 0.0173. The van der Waals surface area contributed by atoms with Crippen LogP contribution in [0.25, 0.3) is 0 Å². The van der Waals surface area contributed by atoms with Gasteiger partial charge in [-0.15, -0.1) is 0 Å². The fourth-order valence-corrected chi connectivity index (χ4v) is 14.4. The Bertz CT molecular complexity index is 1520. The van der Waals surface area contributed by atoms with Crippen LogP contribution in [-0.4, -0.2) is 48.0 Å². The molecule has 2 N–H and O–H groups in total. The van der Waals surface area contributed by atoms with E-state index < -0.39 is 6.10 Å². The highest BCUT2D eigenvalue weighted by Crippen LogP contribution is 2.67. The monoisotopic (exact) mass is 688 g/mol. The van der Waals surface area contributed by atoms with Gasteiger partial charge in [-0.25, -0.2) is 0 Å². The van der Waals surface area contributed by atoms with Crippen molar-refractivity contribution in [3.05, 3.63) is 24.3 Å². The Hall–Kier alpha value is -2.64. The van der Waals surface area contributed by atoms with E-state index in [1.54, 1.807) is 12.2 Å². The van der Waals surface area contributed by atoms with Crippen molar-refractivity contribution in [1.29, 1.82) is 0 Å². The van der Waals surface area contributed by atoms with Crippen LogP contribution in [0, 0.1) is 69.0 Å². The van der Waals surface area contributed by atoms with Gasteiger partial charge in [-0.2, -0.15) is 0 Å². The van der Waals surface area contributed by atoms with Crippen molar-refractivity contribution in [3.8, 4) is 0 Å². The Kier molecular flexibility index (Phi) is 8.05. The van der Waals surface area contributed by atoms with E-state index in [1.165, 1.54) is 0 Å². The summed E-state index contributed by atoms with van der Waals surface area (Å²) in [6.45, 7) is 13.5. The molecule has 8 rings (SSSR count). The lowest BCUT2D eigenvalue weighted by Gasteiger charge is -2.62. The average Bonchev–Trinajstić information content (AvgIpc) is 3.61. The summed E-state index contributed by atoms with van der Waals surface area (Å²) in [5.74, 6) is 2.58. The van der Waals surface area contributed by atoms with Crippen molar-refractivity contribution < 1.29 is 28.7 Å². The number of hydrogen-bond acceptors (Lipinski definition) is 6. The molecular weight excluding hydrogens is 628 g/mol. The van der Waals surface area contributed by atoms with Crippen molar-refractivity contribution >= 4 is 23.8 Å². The van der Waals surface area contributed by atoms with Crippen molar-refractivity contribution in [3.63, 3.8) is 0 Å². The Morgan fingerprint density at radius 1 is 0.720 bits per heavy atom. The minimum Gasteiger partial charge on any atom is -0.462 e. The summed E-state index contributed by atoms with van der Waals surface area (Å²) in [6, 6.07) is 0.205. The molecule has 0 aromatic carbocycles. The van der Waals surface area contributed by atoms with Crippen molar-refractivity contribution in [2.24, 2.45) is 69.0 Å². The summed E-state index contributed by atoms with van der Waals surface area (Å²) < 4.78 is 12.1. The molecule has 8 heteroatoms. The molecule has 6 saturated carbocycles. The van der Waals surface area contributed by atoms with Gasteiger partial charge in [0.2, 0.25) is 11.8 Å². The first-order valence-electron chi connectivity index (χ1n) is 20.0. The molecule has 0 bridgehead atoms. The van der Waals surface area contributed by atoms with E-state index in [-0.39, 0.29) is 75.4 Å². The molecule has 274 valence electrons. The zero-order chi connectivity index (χ0) is 35.4. The van der Waals surface area contributed by atoms with Crippen LogP contribution < -0.4 is 10.6 Å². The predicted octanol–water partition coefficient (Wildman–Crippen LogP) is 6.68. The summed E-state index contributed by atoms with van der Waals surface area (Å²) in [5, 5.41) is 6.55. The van der Waals surface area contributed by atoms with E-state index >= 15 is 0 Å². The Morgan fingerprint density at radius 2 is 1.34 bits per heavy atom. The van der Waals surface area contributed by atoms with Gasteiger partial charge in [-0.3, -0.25) is 19.2 Å². The number of ether oxygens (including phenoxy) is 2. The van der Waals surface area contributed by atoms with Gasteiger partial charge in [0.1, 0.15) is 12.7 Å². The molecule has 0 aromatic heterocycles. The van der Waals surface area contributed by atoms with Crippen LogP contribution in [0.4, 0.5) is 0 Å². The molecule has 8 nitrogen and oxygen atoms in total. The zero-order valence-electron chi connectivity index (χ0n) is 31.2. The standard InChI is InChI=1S/C42H60N2O6/c1-24(23-49-36(47)31-10-8-27-25-7-12-33-40(4,20-16-34(45)43-33)29(25)14-18-38(27,31)2)50-37(48)32-11-9-28-26-13-22-42(6)41(5,21-17-35(46)44-42)30(26)15-19-39(28,32)3/h16-17,20-21,24-33H,7-15,18-19,22-23H2,1-6H3,(H,43,45)(H,44,46)/t24?,25-,26-,27-,28-,29-,30-,31+,32+,33+,38-,39-,40+,41+,42+/m0/s1. The number of fused-ring (bicyclic) bond motifs is 10. The van der Waals surface area contributed by atoms with Gasteiger partial charge in [0.25, 0.3) is 0 Å². The minimum atomic E-state index is -0.486. The highest BCUT2D eigenvalue weighted by molar-refractivity contribution is 5.90. The summed E-state index contributed by atoms with van der Waals surface area (Å²) in [4.78, 5) is 52.0. The summed E-state index contributed by atoms with van der Waals surface area (Å²) in [5.41, 5.74) is -0.503. The fourth-order valence-electron chi connectivity index (χ4n) is 14.4. The SMILES string of the molecule is CC(COC(=O)[C@H]1CC[C@H]2[C@@H]3CC[C@H]4NC(=O)C=C[C@]4(C)[C@H]3CC[C@]12C)OC(=O)[C@H]1CC[C@H]2[C@@H]3CC[C@@]4(C)NC(=O)C=C[C@]4(C)[C@H]3CC[C@]12C. The topological polar surface area (TPSA) is 111 Å². The van der Waals surface area contributed by atoms with Gasteiger partial charge in [0.15, 0.2) is 0 Å². The number of nitrogens with one attached hydrogen (secondary N) is 2. The summed E-state index contributed by atoms with van der Waals surface area (Å²) in [7, 11) is 0. The van der Waals surface area contributed by atoms with Crippen molar-refractivity contribution in [2.75, 3.05) is 6.61 Å². The molecule has 6 aliphatic carbocycles. The quantitative estimate of drug-likeness (QED) is 0.312. The number of hydrogen-bond donors (Lipinski definition) is 2. The molecule has 1 unspecified atom stereocenters. The molecule has 0 spiro atoms. The number of rotatable bonds is 5. The highest BCUT2D eigenvalue weighted by Gasteiger charge is 2.64. The lowest BCUT2D eigenvalue weighted by molar-refractivity contribution is -0.171. The second-order valence-corrected chi connectivity index (χ2v) is 19.3. The van der Waals surface area contributed by atoms with Crippen LogP contribution in [-0.2, 0) is 28.7 Å². The third-order valence-electron chi connectivity index (χ3n) is 17.4. The second-order valence-electron chi connectivity index (χ2n) is 19.3. The number of esters is 2. The molecule has 2 heterocycles. The van der Waals surface area contributed by atoms with Crippen molar-refractivity contribution in [1.82, 2.24) is 10.6 Å². The average molecular weight is 689 g/mol. The molecule has 50 heavy (non-hydrogen) atoms. The molecule has 2 aliphatic heterocycles. The molecule has 0 saturated heterocycles. The Labute approximate surface area is 298 Å². The molecule has 0 radical (unpaired) electrons. The van der Waals surface area contributed by atoms with E-state index in [9.17, 15) is 19.2 Å². The zero-order valence-corrected chi connectivity index (χ0v) is 31.2. The first kappa shape index (κ1) is 34.4. The third-order valence-corrected chi connectivity index (χ3v) is 17.4. The van der Waals surface area contributed by atoms with Gasteiger partial charge >= 0.3 is 11.9 Å². The number of amides is 2. The maximum absolute atomic E-state index is 13.8. The first-order valence-corrected chi connectivity index (χ1v) is 20.0. The first-order chi connectivity index (χ1) is 23.6. The molecule has 0 aromatic rings. The van der Waals surface area contributed by atoms with E-state index in [1.807, 2.05) is 6.92 Å². The van der Waals surface area contributed by atoms with Crippen LogP contribution in [0.15, 0.2) is 24.3 Å². The largest absolute Gasteiger partial charge is 0.462 e. The third kappa shape index (κ3) is 4.87. The molecule has 2 amide bonds. The molecule has 6 fully saturated rings. The molecule has 8 aliphatic rings. The van der Waals surface area contributed by atoms with Gasteiger partial charge in [0, 0.05) is 22.4 Å². The number of carbonyl (C=O) groups excluding carboxylic acids is 4. The van der Waals surface area contributed by atoms with Crippen molar-refractivity contribution in [2.45, 2.75) is 136 Å². The second kappa shape index (κ2) is 11.7. The van der Waals surface area contributed by atoms with Gasteiger partial charge < -0.3 is 20.1 Å². The molecular formula is C42H60N2O6. The van der Waals surface area contributed by atoms with E-state index in [2.05, 4.69) is 57.4 Å². The maximum Gasteiger partial charge on any atom is 0.309 e. The summed E-state index contributed by atoms with van der Waals surface area (Å²) in [6.07, 6.45) is 19.4. The lowest BCUT2D eigenvalue weighted by Crippen LogP contribution is -2.66. The number of carbonyl (C=O) groups is 4. The Balaban J connectivity index is 0.870. The highest BCUT2D eigenvalue weighted by atomic mass is 16.6. The van der Waals surface area contributed by atoms with Crippen LogP contribution in [0.3, 0.4) is 0 Å². The van der Waals surface area contributed by atoms with Gasteiger partial charge in [0.05, 0.1) is 11.8 Å². The van der Waals surface area contributed by atoms with Crippen LogP contribution in [0.5, 0.6) is 0 Å². The lowest BCUT2D eigenvalue weighted by atomic mass is 9.45. The maximum atomic E-state index is 13.8. The van der Waals surface area contributed by atoms with Crippen LogP contribution in [0.1, 0.15) is 119 Å². The van der Waals surface area contributed by atoms with Gasteiger partial charge in [-0.05, 0) is 149 Å². The van der Waals surface area contributed by atoms with Gasteiger partial charge in [-0.1, -0.05) is 39.8 Å². The molecule has 15 atom stereocenters. The van der Waals surface area contributed by atoms with E-state index in [4.69, 9.17) is 9.47 Å².